The van der Waals surface area contributed by atoms with Crippen molar-refractivity contribution in [2.75, 3.05) is 39.8 Å². The van der Waals surface area contributed by atoms with E-state index in [-0.39, 0.29) is 11.7 Å². The molecule has 5 nitrogen and oxygen atoms in total. The van der Waals surface area contributed by atoms with E-state index in [1.165, 1.54) is 18.2 Å². The maximum absolute atomic E-state index is 13.3. The number of carbonyl (C=O) groups is 2. The van der Waals surface area contributed by atoms with Crippen molar-refractivity contribution in [3.63, 3.8) is 0 Å². The molecule has 0 radical (unpaired) electrons. The number of ketones is 1. The first kappa shape index (κ1) is 18.1. The molecule has 0 saturated carbocycles. The van der Waals surface area contributed by atoms with Crippen LogP contribution < -0.4 is 4.74 Å². The molecule has 0 spiro atoms. The molecule has 1 saturated heterocycles. The third-order valence-corrected chi connectivity index (χ3v) is 4.51. The Bertz CT molecular complexity index is 784. The summed E-state index contributed by atoms with van der Waals surface area (Å²) in [5.74, 6) is 0.161. The summed E-state index contributed by atoms with van der Waals surface area (Å²) in [6.07, 6.45) is 0. The van der Waals surface area contributed by atoms with E-state index in [2.05, 4.69) is 0 Å². The van der Waals surface area contributed by atoms with Crippen LogP contribution in [0.25, 0.3) is 0 Å². The summed E-state index contributed by atoms with van der Waals surface area (Å²) in [4.78, 5) is 28.5. The van der Waals surface area contributed by atoms with Gasteiger partial charge in [-0.25, -0.2) is 4.39 Å². The number of halogens is 1. The minimum atomic E-state index is -0.417. The fraction of sp³-hybridized carbons (Fsp3) is 0.300. The quantitative estimate of drug-likeness (QED) is 0.773. The minimum absolute atomic E-state index is 0.0394. The molecule has 1 aliphatic rings. The average molecular weight is 356 g/mol. The largest absolute Gasteiger partial charge is 0.497 e. The Balaban J connectivity index is 1.53. The highest BCUT2D eigenvalue weighted by atomic mass is 19.1. The van der Waals surface area contributed by atoms with Crippen LogP contribution in [0.4, 0.5) is 4.39 Å². The van der Waals surface area contributed by atoms with Crippen molar-refractivity contribution in [2.24, 2.45) is 0 Å². The van der Waals surface area contributed by atoms with E-state index in [1.807, 2.05) is 4.90 Å². The minimum Gasteiger partial charge on any atom is -0.497 e. The molecule has 3 rings (SSSR count). The predicted octanol–water partition coefficient (Wildman–Crippen LogP) is 2.48. The third kappa shape index (κ3) is 4.26. The van der Waals surface area contributed by atoms with E-state index in [4.69, 9.17) is 4.74 Å². The zero-order chi connectivity index (χ0) is 18.5. The van der Waals surface area contributed by atoms with Gasteiger partial charge in [0.2, 0.25) is 0 Å². The molecule has 2 aromatic rings. The molecule has 0 aromatic heterocycles. The molecular formula is C20H21FN2O3. The molecule has 1 heterocycles. The standard InChI is InChI=1S/C20H21FN2O3/c1-26-18-7-5-15(6-8-18)19(24)14-22-9-11-23(12-10-22)20(25)16-3-2-4-17(21)13-16/h2-8,13H,9-12,14H2,1H3. The Morgan fingerprint density at radius 3 is 2.31 bits per heavy atom. The van der Waals surface area contributed by atoms with E-state index in [0.29, 0.717) is 49.6 Å². The molecule has 1 amide bonds. The van der Waals surface area contributed by atoms with Gasteiger partial charge in [0.05, 0.1) is 13.7 Å². The normalized spacial score (nSPS) is 14.9. The highest BCUT2D eigenvalue weighted by Crippen LogP contribution is 2.14. The predicted molar refractivity (Wildman–Crippen MR) is 96.1 cm³/mol. The lowest BCUT2D eigenvalue weighted by molar-refractivity contribution is 0.0624. The number of piperazine rings is 1. The molecule has 136 valence electrons. The summed E-state index contributed by atoms with van der Waals surface area (Å²) in [6, 6.07) is 12.8. The van der Waals surface area contributed by atoms with Gasteiger partial charge in [-0.15, -0.1) is 0 Å². The van der Waals surface area contributed by atoms with Crippen molar-refractivity contribution in [1.82, 2.24) is 9.80 Å². The number of amides is 1. The lowest BCUT2D eigenvalue weighted by Crippen LogP contribution is -2.49. The first-order chi connectivity index (χ1) is 12.6. The molecule has 0 atom stereocenters. The summed E-state index contributed by atoms with van der Waals surface area (Å²) in [5, 5.41) is 0. The fourth-order valence-electron chi connectivity index (χ4n) is 2.98. The van der Waals surface area contributed by atoms with Crippen molar-refractivity contribution in [3.05, 3.63) is 65.5 Å². The van der Waals surface area contributed by atoms with Gasteiger partial charge in [-0.2, -0.15) is 0 Å². The van der Waals surface area contributed by atoms with Crippen molar-refractivity contribution in [1.29, 1.82) is 0 Å². The average Bonchev–Trinajstić information content (AvgIpc) is 2.68. The van der Waals surface area contributed by atoms with Crippen LogP contribution >= 0.6 is 0 Å². The summed E-state index contributed by atoms with van der Waals surface area (Å²) < 4.78 is 18.4. The molecule has 6 heteroatoms. The van der Waals surface area contributed by atoms with E-state index in [9.17, 15) is 14.0 Å². The number of methoxy groups -OCH3 is 1. The molecule has 26 heavy (non-hydrogen) atoms. The van der Waals surface area contributed by atoms with Crippen LogP contribution in [0.15, 0.2) is 48.5 Å². The van der Waals surface area contributed by atoms with Gasteiger partial charge in [0.25, 0.3) is 5.91 Å². The maximum Gasteiger partial charge on any atom is 0.254 e. The smallest absolute Gasteiger partial charge is 0.254 e. The topological polar surface area (TPSA) is 49.9 Å². The molecule has 0 N–H and O–H groups in total. The number of carbonyl (C=O) groups excluding carboxylic acids is 2. The molecule has 1 fully saturated rings. The van der Waals surface area contributed by atoms with Gasteiger partial charge < -0.3 is 9.64 Å². The van der Waals surface area contributed by atoms with Crippen molar-refractivity contribution in [2.45, 2.75) is 0 Å². The second-order valence-corrected chi connectivity index (χ2v) is 6.23. The van der Waals surface area contributed by atoms with Crippen LogP contribution in [0.3, 0.4) is 0 Å². The highest BCUT2D eigenvalue weighted by Gasteiger charge is 2.23. The van der Waals surface area contributed by atoms with Gasteiger partial charge in [0, 0.05) is 37.3 Å². The van der Waals surface area contributed by atoms with Gasteiger partial charge in [-0.1, -0.05) is 6.07 Å². The first-order valence-corrected chi connectivity index (χ1v) is 8.51. The SMILES string of the molecule is COc1ccc(C(=O)CN2CCN(C(=O)c3cccc(F)c3)CC2)cc1. The van der Waals surface area contributed by atoms with Crippen LogP contribution in [-0.4, -0.2) is 61.3 Å². The monoisotopic (exact) mass is 356 g/mol. The van der Waals surface area contributed by atoms with Gasteiger partial charge >= 0.3 is 0 Å². The van der Waals surface area contributed by atoms with Crippen molar-refractivity contribution in [3.8, 4) is 5.75 Å². The number of Topliss-reactive ketones (excluding diaryl/α,β-unsaturated/α-hetero) is 1. The molecule has 0 unspecified atom stereocenters. The Labute approximate surface area is 152 Å². The Hall–Kier alpha value is -2.73. The lowest BCUT2D eigenvalue weighted by Gasteiger charge is -2.34. The van der Waals surface area contributed by atoms with E-state index < -0.39 is 5.82 Å². The number of ether oxygens (including phenoxy) is 1. The van der Waals surface area contributed by atoms with Crippen LogP contribution in [0.1, 0.15) is 20.7 Å². The van der Waals surface area contributed by atoms with Gasteiger partial charge in [0.1, 0.15) is 11.6 Å². The number of nitrogens with zero attached hydrogens (tertiary/aromatic N) is 2. The van der Waals surface area contributed by atoms with Crippen molar-refractivity contribution >= 4 is 11.7 Å². The fourth-order valence-corrected chi connectivity index (χ4v) is 2.98. The Morgan fingerprint density at radius 1 is 1.00 bits per heavy atom. The lowest BCUT2D eigenvalue weighted by atomic mass is 10.1. The first-order valence-electron chi connectivity index (χ1n) is 8.51. The summed E-state index contributed by atoms with van der Waals surface area (Å²) in [7, 11) is 1.58. The molecule has 1 aliphatic heterocycles. The summed E-state index contributed by atoms with van der Waals surface area (Å²) in [6.45, 7) is 2.58. The Morgan fingerprint density at radius 2 is 1.69 bits per heavy atom. The summed E-state index contributed by atoms with van der Waals surface area (Å²) in [5.41, 5.74) is 0.997. The number of benzene rings is 2. The highest BCUT2D eigenvalue weighted by molar-refractivity contribution is 5.97. The Kier molecular flexibility index (Phi) is 5.63. The van der Waals surface area contributed by atoms with Gasteiger partial charge in [-0.05, 0) is 42.5 Å². The van der Waals surface area contributed by atoms with E-state index in [0.717, 1.165) is 0 Å². The maximum atomic E-state index is 13.3. The molecule has 2 aromatic carbocycles. The van der Waals surface area contributed by atoms with Crippen LogP contribution in [0.2, 0.25) is 0 Å². The second-order valence-electron chi connectivity index (χ2n) is 6.23. The molecule has 0 bridgehead atoms. The number of hydrogen-bond donors (Lipinski definition) is 0. The number of rotatable bonds is 5. The van der Waals surface area contributed by atoms with E-state index in [1.54, 1.807) is 42.3 Å². The zero-order valence-electron chi connectivity index (χ0n) is 14.7. The van der Waals surface area contributed by atoms with E-state index >= 15 is 0 Å². The second kappa shape index (κ2) is 8.10. The van der Waals surface area contributed by atoms with Crippen LogP contribution in [0.5, 0.6) is 5.75 Å². The molecular weight excluding hydrogens is 335 g/mol. The number of hydrogen-bond acceptors (Lipinski definition) is 4. The van der Waals surface area contributed by atoms with Crippen molar-refractivity contribution < 1.29 is 18.7 Å². The third-order valence-electron chi connectivity index (χ3n) is 4.51. The molecule has 0 aliphatic carbocycles. The van der Waals surface area contributed by atoms with Gasteiger partial charge in [0.15, 0.2) is 5.78 Å². The van der Waals surface area contributed by atoms with Crippen LogP contribution in [-0.2, 0) is 0 Å². The summed E-state index contributed by atoms with van der Waals surface area (Å²) >= 11 is 0. The van der Waals surface area contributed by atoms with Gasteiger partial charge in [-0.3, -0.25) is 14.5 Å². The zero-order valence-corrected chi connectivity index (χ0v) is 14.7. The van der Waals surface area contributed by atoms with Crippen LogP contribution in [0, 0.1) is 5.82 Å².